The van der Waals surface area contributed by atoms with Gasteiger partial charge in [-0.1, -0.05) is 6.08 Å². The van der Waals surface area contributed by atoms with Crippen molar-refractivity contribution in [3.8, 4) is 11.5 Å². The number of nitrogens with zero attached hydrogens (tertiary/aromatic N) is 1. The Balaban J connectivity index is 1.94. The lowest BCUT2D eigenvalue weighted by Gasteiger charge is -2.45. The number of piperidine rings is 1. The molecule has 0 spiro atoms. The summed E-state index contributed by atoms with van der Waals surface area (Å²) >= 11 is 0. The van der Waals surface area contributed by atoms with Crippen LogP contribution in [0.15, 0.2) is 41.8 Å². The second-order valence-electron chi connectivity index (χ2n) is 7.37. The molecular weight excluding hydrogens is 439 g/mol. The number of halogens is 3. The predicted octanol–water partition coefficient (Wildman–Crippen LogP) is 3.87. The molecule has 3 rings (SSSR count). The number of methoxy groups -OCH3 is 2. The van der Waals surface area contributed by atoms with E-state index in [0.29, 0.717) is 22.8 Å². The Morgan fingerprint density at radius 3 is 2.48 bits per heavy atom. The summed E-state index contributed by atoms with van der Waals surface area (Å²) in [6.07, 6.45) is 3.25. The Labute approximate surface area is 178 Å². The molecule has 0 unspecified atom stereocenters. The maximum Gasteiger partial charge on any atom is 0.534 e. The number of carbonyl (C=O) groups excluding carboxylic acids is 1. The molecular formula is C20H22F3NO6S. The fraction of sp³-hybridized carbons (Fsp3) is 0.450. The van der Waals surface area contributed by atoms with Gasteiger partial charge in [0.15, 0.2) is 0 Å². The van der Waals surface area contributed by atoms with Crippen LogP contribution in [-0.2, 0) is 25.6 Å². The van der Waals surface area contributed by atoms with Crippen LogP contribution in [0.25, 0.3) is 0 Å². The third-order valence-corrected chi connectivity index (χ3v) is 6.43. The van der Waals surface area contributed by atoms with Gasteiger partial charge in [-0.15, -0.1) is 0 Å². The van der Waals surface area contributed by atoms with E-state index < -0.39 is 21.0 Å². The highest BCUT2D eigenvalue weighted by atomic mass is 32.2. The lowest BCUT2D eigenvalue weighted by atomic mass is 9.73. The van der Waals surface area contributed by atoms with Gasteiger partial charge in [0.2, 0.25) is 5.91 Å². The zero-order valence-corrected chi connectivity index (χ0v) is 18.0. The van der Waals surface area contributed by atoms with E-state index >= 15 is 0 Å². The first kappa shape index (κ1) is 23.0. The highest BCUT2D eigenvalue weighted by Gasteiger charge is 2.52. The average Bonchev–Trinajstić information content (AvgIpc) is 2.70. The molecule has 1 heterocycles. The van der Waals surface area contributed by atoms with Crippen LogP contribution in [0.2, 0.25) is 0 Å². The summed E-state index contributed by atoms with van der Waals surface area (Å²) in [6.45, 7) is 1.66. The molecule has 1 aliphatic carbocycles. The minimum Gasteiger partial charge on any atom is -0.497 e. The summed E-state index contributed by atoms with van der Waals surface area (Å²) in [5, 5.41) is 0. The maximum absolute atomic E-state index is 12.9. The monoisotopic (exact) mass is 461 g/mol. The Morgan fingerprint density at radius 1 is 1.16 bits per heavy atom. The van der Waals surface area contributed by atoms with E-state index in [0.717, 1.165) is 0 Å². The van der Waals surface area contributed by atoms with E-state index in [2.05, 4.69) is 4.18 Å². The van der Waals surface area contributed by atoms with Crippen LogP contribution in [0.4, 0.5) is 13.2 Å². The van der Waals surface area contributed by atoms with Gasteiger partial charge in [0.1, 0.15) is 17.3 Å². The number of ether oxygens (including phenoxy) is 2. The third kappa shape index (κ3) is 4.23. The summed E-state index contributed by atoms with van der Waals surface area (Å²) in [4.78, 5) is 14.2. The zero-order valence-electron chi connectivity index (χ0n) is 17.2. The molecule has 31 heavy (non-hydrogen) atoms. The highest BCUT2D eigenvalue weighted by molar-refractivity contribution is 7.87. The molecule has 7 nitrogen and oxygen atoms in total. The van der Waals surface area contributed by atoms with Crippen LogP contribution >= 0.6 is 0 Å². The van der Waals surface area contributed by atoms with Crippen molar-refractivity contribution in [3.05, 3.63) is 47.4 Å². The summed E-state index contributed by atoms with van der Waals surface area (Å²) in [6, 6.07) is 5.08. The lowest BCUT2D eigenvalue weighted by molar-refractivity contribution is -0.133. The van der Waals surface area contributed by atoms with Gasteiger partial charge < -0.3 is 18.6 Å². The third-order valence-electron chi connectivity index (χ3n) is 5.46. The molecule has 170 valence electrons. The predicted molar refractivity (Wildman–Crippen MR) is 104 cm³/mol. The quantitative estimate of drug-likeness (QED) is 0.473. The average molecular weight is 461 g/mol. The Kier molecular flexibility index (Phi) is 6.01. The van der Waals surface area contributed by atoms with E-state index in [4.69, 9.17) is 9.47 Å². The van der Waals surface area contributed by atoms with E-state index in [9.17, 15) is 26.4 Å². The van der Waals surface area contributed by atoms with E-state index in [1.807, 2.05) is 0 Å². The van der Waals surface area contributed by atoms with Gasteiger partial charge in [0.05, 0.1) is 26.2 Å². The van der Waals surface area contributed by atoms with E-state index in [1.165, 1.54) is 25.2 Å². The molecule has 1 fully saturated rings. The van der Waals surface area contributed by atoms with Gasteiger partial charge in [-0.3, -0.25) is 4.79 Å². The van der Waals surface area contributed by atoms with Gasteiger partial charge >= 0.3 is 15.6 Å². The zero-order chi connectivity index (χ0) is 23.0. The SMILES string of the molecule is COc1ccc(CN2C(=O)CC[C@]3(C)C(OS(=O)(=O)C(F)(F)F)=CCC=C23)c(OC)c1. The first-order valence-corrected chi connectivity index (χ1v) is 10.8. The van der Waals surface area contributed by atoms with Crippen molar-refractivity contribution in [3.63, 3.8) is 0 Å². The van der Waals surface area contributed by atoms with Crippen LogP contribution in [0.5, 0.6) is 11.5 Å². The van der Waals surface area contributed by atoms with Crippen LogP contribution in [-0.4, -0.2) is 39.0 Å². The van der Waals surface area contributed by atoms with Gasteiger partial charge in [-0.2, -0.15) is 21.6 Å². The van der Waals surface area contributed by atoms with Crippen molar-refractivity contribution >= 4 is 16.0 Å². The molecule has 1 amide bonds. The van der Waals surface area contributed by atoms with E-state index in [-0.39, 0.29) is 37.5 Å². The molecule has 0 saturated carbocycles. The molecule has 1 saturated heterocycles. The normalized spacial score (nSPS) is 21.7. The fourth-order valence-corrected chi connectivity index (χ4v) is 4.34. The first-order chi connectivity index (χ1) is 14.4. The number of likely N-dealkylation sites (tertiary alicyclic amines) is 1. The number of alkyl halides is 3. The molecule has 1 aromatic rings. The lowest BCUT2D eigenvalue weighted by Crippen LogP contribution is -2.45. The van der Waals surface area contributed by atoms with Crippen molar-refractivity contribution in [2.45, 2.75) is 38.2 Å². The number of hydrogen-bond acceptors (Lipinski definition) is 6. The molecule has 1 aromatic carbocycles. The number of allylic oxidation sites excluding steroid dienone is 2. The molecule has 0 bridgehead atoms. The smallest absolute Gasteiger partial charge is 0.497 e. The summed E-state index contributed by atoms with van der Waals surface area (Å²) in [5.74, 6) is 0.466. The summed E-state index contributed by atoms with van der Waals surface area (Å²) < 4.78 is 76.9. The number of hydrogen-bond donors (Lipinski definition) is 0. The van der Waals surface area contributed by atoms with Crippen LogP contribution < -0.4 is 9.47 Å². The standard InChI is InChI=1S/C20H22F3NO6S/c1-19-10-9-18(25)24(12-13-7-8-14(28-2)11-15(13)29-3)16(19)5-4-6-17(19)30-31(26,27)20(21,22)23/h5-8,11H,4,9-10,12H2,1-3H3/t19-/m0/s1. The number of rotatable bonds is 6. The molecule has 1 atom stereocenters. The van der Waals surface area contributed by atoms with Crippen LogP contribution in [0.3, 0.4) is 0 Å². The number of fused-ring (bicyclic) bond motifs is 1. The van der Waals surface area contributed by atoms with Crippen LogP contribution in [0, 0.1) is 5.41 Å². The molecule has 0 N–H and O–H groups in total. The first-order valence-electron chi connectivity index (χ1n) is 9.36. The van der Waals surface area contributed by atoms with Gasteiger partial charge in [0.25, 0.3) is 0 Å². The van der Waals surface area contributed by atoms with Crippen molar-refractivity contribution in [2.75, 3.05) is 14.2 Å². The summed E-state index contributed by atoms with van der Waals surface area (Å²) in [5.41, 5.74) is -5.70. The minimum absolute atomic E-state index is 0.0130. The van der Waals surface area contributed by atoms with E-state index in [1.54, 1.807) is 31.2 Å². The largest absolute Gasteiger partial charge is 0.534 e. The topological polar surface area (TPSA) is 82.1 Å². The van der Waals surface area contributed by atoms with Gasteiger partial charge in [0, 0.05) is 23.7 Å². The van der Waals surface area contributed by atoms with Crippen molar-refractivity contribution in [2.24, 2.45) is 5.41 Å². The second-order valence-corrected chi connectivity index (χ2v) is 8.90. The number of amides is 1. The van der Waals surface area contributed by atoms with Gasteiger partial charge in [-0.25, -0.2) is 0 Å². The Morgan fingerprint density at radius 2 is 1.87 bits per heavy atom. The minimum atomic E-state index is -5.83. The van der Waals surface area contributed by atoms with Gasteiger partial charge in [-0.05, 0) is 38.0 Å². The molecule has 2 aliphatic rings. The molecule has 0 radical (unpaired) electrons. The highest BCUT2D eigenvalue weighted by Crippen LogP contribution is 2.50. The van der Waals surface area contributed by atoms with Crippen LogP contribution in [0.1, 0.15) is 31.7 Å². The maximum atomic E-state index is 12.9. The molecule has 1 aliphatic heterocycles. The van der Waals surface area contributed by atoms with Crippen molar-refractivity contribution in [1.82, 2.24) is 4.90 Å². The summed E-state index contributed by atoms with van der Waals surface area (Å²) in [7, 11) is -2.85. The Hall–Kier alpha value is -2.69. The van der Waals surface area contributed by atoms with Crippen molar-refractivity contribution in [1.29, 1.82) is 0 Å². The van der Waals surface area contributed by atoms with Crippen molar-refractivity contribution < 1.29 is 40.0 Å². The number of benzene rings is 1. The Bertz CT molecular complexity index is 1050. The second kappa shape index (κ2) is 8.10. The molecule has 11 heteroatoms. The number of carbonyl (C=O) groups is 1. The molecule has 0 aromatic heterocycles. The fourth-order valence-electron chi connectivity index (χ4n) is 3.76.